The third-order valence-corrected chi connectivity index (χ3v) is 4.82. The third-order valence-electron chi connectivity index (χ3n) is 3.78. The monoisotopic (exact) mass is 289 g/mol. The average Bonchev–Trinajstić information content (AvgIpc) is 2.97. The van der Waals surface area contributed by atoms with Crippen LogP contribution in [-0.2, 0) is 0 Å². The lowest BCUT2D eigenvalue weighted by Gasteiger charge is -2.35. The summed E-state index contributed by atoms with van der Waals surface area (Å²) in [7, 11) is 2.14. The fourth-order valence-corrected chi connectivity index (χ4v) is 3.81. The molecule has 5 nitrogen and oxygen atoms in total. The van der Waals surface area contributed by atoms with Gasteiger partial charge in [0.05, 0.1) is 23.6 Å². The Morgan fingerprint density at radius 2 is 2.15 bits per heavy atom. The number of aromatic nitrogens is 3. The second-order valence-electron chi connectivity index (χ2n) is 5.05. The van der Waals surface area contributed by atoms with Crippen LogP contribution in [0.15, 0.2) is 36.5 Å². The maximum atomic E-state index is 6.49. The van der Waals surface area contributed by atoms with E-state index in [2.05, 4.69) is 22.3 Å². The van der Waals surface area contributed by atoms with Crippen LogP contribution in [-0.4, -0.2) is 51.0 Å². The minimum absolute atomic E-state index is 0.0805. The topological polar surface area (TPSA) is 60.0 Å². The summed E-state index contributed by atoms with van der Waals surface area (Å²) in [5.74, 6) is 2.23. The molecular formula is C14H19N5S. The van der Waals surface area contributed by atoms with E-state index in [4.69, 9.17) is 5.73 Å². The Hall–Kier alpha value is -1.37. The first-order valence-corrected chi connectivity index (χ1v) is 7.92. The molecule has 2 N–H and O–H groups in total. The van der Waals surface area contributed by atoms with Gasteiger partial charge in [-0.25, -0.2) is 4.68 Å². The van der Waals surface area contributed by atoms with Crippen molar-refractivity contribution in [3.05, 3.63) is 42.2 Å². The molecule has 1 aromatic heterocycles. The van der Waals surface area contributed by atoms with Crippen molar-refractivity contribution in [3.63, 3.8) is 0 Å². The number of hydrogen-bond donors (Lipinski definition) is 1. The molecule has 0 saturated carbocycles. The molecule has 0 radical (unpaired) electrons. The van der Waals surface area contributed by atoms with E-state index in [1.807, 2.05) is 46.8 Å². The second kappa shape index (κ2) is 5.95. The average molecular weight is 289 g/mol. The van der Waals surface area contributed by atoms with Gasteiger partial charge in [0.25, 0.3) is 0 Å². The highest BCUT2D eigenvalue weighted by molar-refractivity contribution is 7.99. The fraction of sp³-hybridized carbons (Fsp3) is 0.429. The van der Waals surface area contributed by atoms with E-state index < -0.39 is 0 Å². The Morgan fingerprint density at radius 3 is 2.90 bits per heavy atom. The van der Waals surface area contributed by atoms with Crippen molar-refractivity contribution in [2.75, 3.05) is 25.1 Å². The third kappa shape index (κ3) is 2.59. The van der Waals surface area contributed by atoms with Crippen LogP contribution in [0.1, 0.15) is 11.7 Å². The predicted octanol–water partition coefficient (Wildman–Crippen LogP) is 1.31. The van der Waals surface area contributed by atoms with Crippen LogP contribution in [0.5, 0.6) is 0 Å². The van der Waals surface area contributed by atoms with E-state index in [1.54, 1.807) is 6.20 Å². The number of rotatable bonds is 3. The SMILES string of the molecule is CN1CCSCC1C(N)c1cnnn1-c1ccccc1. The van der Waals surface area contributed by atoms with E-state index in [0.29, 0.717) is 6.04 Å². The van der Waals surface area contributed by atoms with Crippen molar-refractivity contribution in [3.8, 4) is 5.69 Å². The zero-order valence-electron chi connectivity index (χ0n) is 11.5. The van der Waals surface area contributed by atoms with Gasteiger partial charge < -0.3 is 5.73 Å². The Labute approximate surface area is 123 Å². The lowest BCUT2D eigenvalue weighted by Crippen LogP contribution is -2.46. The van der Waals surface area contributed by atoms with Crippen molar-refractivity contribution >= 4 is 11.8 Å². The highest BCUT2D eigenvalue weighted by Crippen LogP contribution is 2.25. The first-order chi connectivity index (χ1) is 9.77. The summed E-state index contributed by atoms with van der Waals surface area (Å²) in [5.41, 5.74) is 8.46. The maximum absolute atomic E-state index is 6.49. The van der Waals surface area contributed by atoms with Crippen LogP contribution in [0, 0.1) is 0 Å². The molecule has 2 aromatic rings. The van der Waals surface area contributed by atoms with Crippen LogP contribution in [0.3, 0.4) is 0 Å². The van der Waals surface area contributed by atoms with Gasteiger partial charge in [-0.05, 0) is 19.2 Å². The highest BCUT2D eigenvalue weighted by atomic mass is 32.2. The normalized spacial score (nSPS) is 21.8. The molecule has 1 aliphatic heterocycles. The number of nitrogens with zero attached hydrogens (tertiary/aromatic N) is 4. The van der Waals surface area contributed by atoms with Crippen LogP contribution < -0.4 is 5.73 Å². The standard InChI is InChI=1S/C14H19N5S/c1-18-7-8-20-10-13(18)14(15)12-9-16-17-19(12)11-5-3-2-4-6-11/h2-6,9,13-14H,7-8,10,15H2,1H3. The first kappa shape index (κ1) is 13.6. The largest absolute Gasteiger partial charge is 0.321 e. The first-order valence-electron chi connectivity index (χ1n) is 6.77. The molecule has 0 spiro atoms. The Kier molecular flexibility index (Phi) is 4.05. The molecular weight excluding hydrogens is 270 g/mol. The summed E-state index contributed by atoms with van der Waals surface area (Å²) in [5, 5.41) is 8.24. The lowest BCUT2D eigenvalue weighted by molar-refractivity contribution is 0.234. The fourth-order valence-electron chi connectivity index (χ4n) is 2.52. The van der Waals surface area contributed by atoms with Crippen LogP contribution in [0.4, 0.5) is 0 Å². The van der Waals surface area contributed by atoms with E-state index in [9.17, 15) is 0 Å². The summed E-state index contributed by atoms with van der Waals surface area (Å²) in [4.78, 5) is 2.34. The Morgan fingerprint density at radius 1 is 1.35 bits per heavy atom. The quantitative estimate of drug-likeness (QED) is 0.923. The molecule has 3 rings (SSSR count). The van der Waals surface area contributed by atoms with Gasteiger partial charge in [-0.1, -0.05) is 23.4 Å². The number of hydrogen-bond acceptors (Lipinski definition) is 5. The summed E-state index contributed by atoms with van der Waals surface area (Å²) in [6, 6.07) is 10.3. The molecule has 0 aliphatic carbocycles. The molecule has 2 heterocycles. The highest BCUT2D eigenvalue weighted by Gasteiger charge is 2.29. The Balaban J connectivity index is 1.89. The van der Waals surface area contributed by atoms with Gasteiger partial charge >= 0.3 is 0 Å². The molecule has 2 unspecified atom stereocenters. The van der Waals surface area contributed by atoms with Gasteiger partial charge in [-0.2, -0.15) is 11.8 Å². The molecule has 6 heteroatoms. The number of benzene rings is 1. The molecule has 2 atom stereocenters. The summed E-state index contributed by atoms with van der Waals surface area (Å²) >= 11 is 1.96. The van der Waals surface area contributed by atoms with E-state index >= 15 is 0 Å². The maximum Gasteiger partial charge on any atom is 0.0829 e. The summed E-state index contributed by atoms with van der Waals surface area (Å²) < 4.78 is 1.85. The summed E-state index contributed by atoms with van der Waals surface area (Å²) in [6.45, 7) is 1.08. The summed E-state index contributed by atoms with van der Waals surface area (Å²) in [6.07, 6.45) is 1.78. The van der Waals surface area contributed by atoms with Crippen LogP contribution in [0.2, 0.25) is 0 Å². The van der Waals surface area contributed by atoms with Crippen LogP contribution >= 0.6 is 11.8 Å². The smallest absolute Gasteiger partial charge is 0.0829 e. The predicted molar refractivity (Wildman–Crippen MR) is 82.0 cm³/mol. The number of thioether (sulfide) groups is 1. The zero-order valence-corrected chi connectivity index (χ0v) is 12.3. The van der Waals surface area contributed by atoms with Crippen molar-refractivity contribution < 1.29 is 0 Å². The molecule has 0 bridgehead atoms. The van der Waals surface area contributed by atoms with Crippen molar-refractivity contribution in [1.29, 1.82) is 0 Å². The van der Waals surface area contributed by atoms with Gasteiger partial charge in [0.1, 0.15) is 0 Å². The van der Waals surface area contributed by atoms with Crippen molar-refractivity contribution in [2.24, 2.45) is 5.73 Å². The minimum Gasteiger partial charge on any atom is -0.321 e. The van der Waals surface area contributed by atoms with E-state index in [1.165, 1.54) is 5.75 Å². The zero-order chi connectivity index (χ0) is 13.9. The minimum atomic E-state index is -0.0805. The molecule has 106 valence electrons. The van der Waals surface area contributed by atoms with Crippen molar-refractivity contribution in [1.82, 2.24) is 19.9 Å². The number of para-hydroxylation sites is 1. The molecule has 1 aliphatic rings. The number of likely N-dealkylation sites (N-methyl/N-ethyl adjacent to an activating group) is 1. The van der Waals surface area contributed by atoms with Crippen molar-refractivity contribution in [2.45, 2.75) is 12.1 Å². The van der Waals surface area contributed by atoms with Gasteiger partial charge in [0.15, 0.2) is 0 Å². The van der Waals surface area contributed by atoms with Gasteiger partial charge in [-0.15, -0.1) is 5.10 Å². The second-order valence-corrected chi connectivity index (χ2v) is 6.20. The van der Waals surface area contributed by atoms with Gasteiger partial charge in [0.2, 0.25) is 0 Å². The van der Waals surface area contributed by atoms with Crippen LogP contribution in [0.25, 0.3) is 5.69 Å². The number of nitrogens with two attached hydrogens (primary N) is 1. The molecule has 20 heavy (non-hydrogen) atoms. The molecule has 1 saturated heterocycles. The lowest BCUT2D eigenvalue weighted by atomic mass is 10.1. The van der Waals surface area contributed by atoms with E-state index in [0.717, 1.165) is 23.7 Å². The molecule has 1 aromatic carbocycles. The van der Waals surface area contributed by atoms with E-state index in [-0.39, 0.29) is 6.04 Å². The van der Waals surface area contributed by atoms with Gasteiger partial charge in [-0.3, -0.25) is 4.90 Å². The van der Waals surface area contributed by atoms with Gasteiger partial charge in [0, 0.05) is 24.1 Å². The molecule has 1 fully saturated rings. The Bertz CT molecular complexity index is 556. The molecule has 0 amide bonds.